The lowest BCUT2D eigenvalue weighted by Gasteiger charge is -2.20. The van der Waals surface area contributed by atoms with Crippen LogP contribution in [-0.2, 0) is 0 Å². The molecule has 3 rings (SSSR count). The average molecular weight is 339 g/mol. The van der Waals surface area contributed by atoms with E-state index in [0.717, 1.165) is 0 Å². The van der Waals surface area contributed by atoms with Crippen LogP contribution < -0.4 is 9.47 Å². The van der Waals surface area contributed by atoms with Crippen LogP contribution in [-0.4, -0.2) is 18.3 Å². The van der Waals surface area contributed by atoms with Crippen LogP contribution in [0.2, 0.25) is 0 Å². The van der Waals surface area contributed by atoms with E-state index in [2.05, 4.69) is 15.9 Å². The fourth-order valence-electron chi connectivity index (χ4n) is 2.13. The summed E-state index contributed by atoms with van der Waals surface area (Å²) in [5.74, 6) is 0.760. The summed E-state index contributed by atoms with van der Waals surface area (Å²) in [5.41, 5.74) is 0.792. The fourth-order valence-corrected chi connectivity index (χ4v) is 2.47. The van der Waals surface area contributed by atoms with E-state index in [1.807, 2.05) is 0 Å². The summed E-state index contributed by atoms with van der Waals surface area (Å²) in [6.45, 7) is 0.982. The molecule has 0 radical (unpaired) electrons. The van der Waals surface area contributed by atoms with Gasteiger partial charge in [0, 0.05) is 10.0 Å². The second-order valence-corrected chi connectivity index (χ2v) is 5.39. The summed E-state index contributed by atoms with van der Waals surface area (Å²) in [4.78, 5) is 0. The lowest BCUT2D eigenvalue weighted by atomic mass is 10.0. The van der Waals surface area contributed by atoms with Gasteiger partial charge in [0.05, 0.1) is 0 Å². The number of aliphatic hydroxyl groups excluding tert-OH is 1. The highest BCUT2D eigenvalue weighted by molar-refractivity contribution is 9.10. The van der Waals surface area contributed by atoms with Gasteiger partial charge in [0.15, 0.2) is 11.5 Å². The van der Waals surface area contributed by atoms with Crippen molar-refractivity contribution in [3.8, 4) is 11.5 Å². The number of hydrogen-bond donors (Lipinski definition) is 1. The molecule has 0 aromatic heterocycles. The van der Waals surface area contributed by atoms with Gasteiger partial charge in [-0.3, -0.25) is 0 Å². The monoisotopic (exact) mass is 338 g/mol. The standard InChI is InChI=1S/C15H12BrFO3/c16-10-2-3-11(12(17)8-10)15(18)9-1-4-13-14(7-9)20-6-5-19-13/h1-4,7-8,15,18H,5-6H2. The van der Waals surface area contributed by atoms with Gasteiger partial charge in [-0.25, -0.2) is 4.39 Å². The summed E-state index contributed by atoms with van der Waals surface area (Å²) in [5, 5.41) is 10.3. The molecule has 0 spiro atoms. The maximum atomic E-state index is 13.9. The Morgan fingerprint density at radius 1 is 1.05 bits per heavy atom. The molecule has 1 unspecified atom stereocenters. The number of benzene rings is 2. The van der Waals surface area contributed by atoms with Crippen molar-refractivity contribution in [1.29, 1.82) is 0 Å². The quantitative estimate of drug-likeness (QED) is 0.911. The number of halogens is 2. The minimum absolute atomic E-state index is 0.227. The first-order valence-electron chi connectivity index (χ1n) is 6.18. The van der Waals surface area contributed by atoms with Gasteiger partial charge in [-0.2, -0.15) is 0 Å². The highest BCUT2D eigenvalue weighted by Gasteiger charge is 2.19. The van der Waals surface area contributed by atoms with E-state index in [4.69, 9.17) is 9.47 Å². The Labute approximate surface area is 124 Å². The summed E-state index contributed by atoms with van der Waals surface area (Å²) in [7, 11) is 0. The Balaban J connectivity index is 1.95. The maximum Gasteiger partial charge on any atom is 0.161 e. The molecule has 2 aromatic rings. The molecule has 3 nitrogen and oxygen atoms in total. The largest absolute Gasteiger partial charge is 0.486 e. The van der Waals surface area contributed by atoms with Crippen molar-refractivity contribution in [3.63, 3.8) is 0 Å². The van der Waals surface area contributed by atoms with Gasteiger partial charge >= 0.3 is 0 Å². The van der Waals surface area contributed by atoms with Gasteiger partial charge in [-0.1, -0.05) is 28.1 Å². The van der Waals surface area contributed by atoms with Crippen LogP contribution in [0.4, 0.5) is 4.39 Å². The molecule has 0 fully saturated rings. The van der Waals surface area contributed by atoms with Crippen LogP contribution in [0.25, 0.3) is 0 Å². The zero-order valence-corrected chi connectivity index (χ0v) is 12.1. The Morgan fingerprint density at radius 2 is 1.80 bits per heavy atom. The molecule has 0 saturated heterocycles. The second-order valence-electron chi connectivity index (χ2n) is 4.47. The predicted molar refractivity (Wildman–Crippen MR) is 75.6 cm³/mol. The molecule has 0 aliphatic carbocycles. The van der Waals surface area contributed by atoms with Crippen LogP contribution in [0.3, 0.4) is 0 Å². The van der Waals surface area contributed by atoms with Gasteiger partial charge in [0.25, 0.3) is 0 Å². The van der Waals surface area contributed by atoms with Gasteiger partial charge in [0.1, 0.15) is 25.1 Å². The van der Waals surface area contributed by atoms with Crippen molar-refractivity contribution < 1.29 is 19.0 Å². The van der Waals surface area contributed by atoms with E-state index in [1.54, 1.807) is 30.3 Å². The molecule has 0 saturated carbocycles. The third-order valence-corrected chi connectivity index (χ3v) is 3.63. The van der Waals surface area contributed by atoms with Crippen LogP contribution in [0.1, 0.15) is 17.2 Å². The first-order chi connectivity index (χ1) is 9.65. The zero-order chi connectivity index (χ0) is 14.1. The highest BCUT2D eigenvalue weighted by atomic mass is 79.9. The highest BCUT2D eigenvalue weighted by Crippen LogP contribution is 2.35. The number of ether oxygens (including phenoxy) is 2. The third-order valence-electron chi connectivity index (χ3n) is 3.14. The van der Waals surface area contributed by atoms with Crippen LogP contribution >= 0.6 is 15.9 Å². The van der Waals surface area contributed by atoms with E-state index in [1.165, 1.54) is 6.07 Å². The van der Waals surface area contributed by atoms with E-state index in [9.17, 15) is 9.50 Å². The van der Waals surface area contributed by atoms with E-state index >= 15 is 0 Å². The van der Waals surface area contributed by atoms with Crippen molar-refractivity contribution >= 4 is 15.9 Å². The van der Waals surface area contributed by atoms with Gasteiger partial charge in [0.2, 0.25) is 0 Å². The van der Waals surface area contributed by atoms with Crippen molar-refractivity contribution in [3.05, 3.63) is 57.8 Å². The van der Waals surface area contributed by atoms with Crippen molar-refractivity contribution in [1.82, 2.24) is 0 Å². The van der Waals surface area contributed by atoms with Crippen LogP contribution in [0.5, 0.6) is 11.5 Å². The Hall–Kier alpha value is -1.59. The molecule has 1 aliphatic heterocycles. The summed E-state index contributed by atoms with van der Waals surface area (Å²) < 4.78 is 25.4. The fraction of sp³-hybridized carbons (Fsp3) is 0.200. The molecule has 0 amide bonds. The lowest BCUT2D eigenvalue weighted by molar-refractivity contribution is 0.169. The predicted octanol–water partition coefficient (Wildman–Crippen LogP) is 3.44. The summed E-state index contributed by atoms with van der Waals surface area (Å²) >= 11 is 3.19. The number of hydrogen-bond acceptors (Lipinski definition) is 3. The van der Waals surface area contributed by atoms with Gasteiger partial charge in [-0.05, 0) is 29.8 Å². The van der Waals surface area contributed by atoms with Crippen LogP contribution in [0.15, 0.2) is 40.9 Å². The Morgan fingerprint density at radius 3 is 2.55 bits per heavy atom. The van der Waals surface area contributed by atoms with Gasteiger partial charge in [-0.15, -0.1) is 0 Å². The topological polar surface area (TPSA) is 38.7 Å². The van der Waals surface area contributed by atoms with E-state index < -0.39 is 11.9 Å². The third kappa shape index (κ3) is 2.51. The number of fused-ring (bicyclic) bond motifs is 1. The van der Waals surface area contributed by atoms with Gasteiger partial charge < -0.3 is 14.6 Å². The van der Waals surface area contributed by atoms with Crippen molar-refractivity contribution in [2.45, 2.75) is 6.10 Å². The van der Waals surface area contributed by atoms with Crippen molar-refractivity contribution in [2.24, 2.45) is 0 Å². The second kappa shape index (κ2) is 5.42. The Bertz CT molecular complexity index is 645. The lowest BCUT2D eigenvalue weighted by Crippen LogP contribution is -2.15. The smallest absolute Gasteiger partial charge is 0.161 e. The molecule has 1 N–H and O–H groups in total. The molecule has 2 aromatic carbocycles. The molecule has 20 heavy (non-hydrogen) atoms. The number of aliphatic hydroxyl groups is 1. The normalized spacial score (nSPS) is 14.9. The molecule has 5 heteroatoms. The molecular formula is C15H12BrFO3. The van der Waals surface area contributed by atoms with E-state index in [-0.39, 0.29) is 5.56 Å². The van der Waals surface area contributed by atoms with Crippen molar-refractivity contribution in [2.75, 3.05) is 13.2 Å². The summed E-state index contributed by atoms with van der Waals surface area (Å²) in [6, 6.07) is 9.70. The van der Waals surface area contributed by atoms with Crippen LogP contribution in [0, 0.1) is 5.82 Å². The molecule has 104 valence electrons. The van der Waals surface area contributed by atoms with E-state index in [0.29, 0.717) is 34.7 Å². The maximum absolute atomic E-state index is 13.9. The minimum atomic E-state index is -1.04. The average Bonchev–Trinajstić information content (AvgIpc) is 2.46. The Kier molecular flexibility index (Phi) is 3.63. The zero-order valence-electron chi connectivity index (χ0n) is 10.5. The molecule has 1 atom stereocenters. The number of rotatable bonds is 2. The SMILES string of the molecule is OC(c1ccc2c(c1)OCCO2)c1ccc(Br)cc1F. The first-order valence-corrected chi connectivity index (χ1v) is 6.97. The summed E-state index contributed by atoms with van der Waals surface area (Å²) in [6.07, 6.45) is -1.04. The molecule has 0 bridgehead atoms. The first kappa shape index (κ1) is 13.4. The minimum Gasteiger partial charge on any atom is -0.486 e. The molecule has 1 aliphatic rings. The molecule has 1 heterocycles. The molecular weight excluding hydrogens is 327 g/mol.